The molecule has 0 unspecified atom stereocenters. The van der Waals surface area contributed by atoms with Crippen molar-refractivity contribution in [3.8, 4) is 0 Å². The zero-order valence-electron chi connectivity index (χ0n) is 49.2. The predicted molar refractivity (Wildman–Crippen MR) is 305 cm³/mol. The number of azide groups is 1. The van der Waals surface area contributed by atoms with E-state index in [0.717, 1.165) is 0 Å². The number of carbonyl (C=O) groups is 12. The lowest BCUT2D eigenvalue weighted by Crippen LogP contribution is -2.60. The van der Waals surface area contributed by atoms with Crippen LogP contribution in [0.1, 0.15) is 105 Å². The molecule has 7 atom stereocenters. The number of amides is 9. The average Bonchev–Trinajstić information content (AvgIpc) is 3.20. The Morgan fingerprint density at radius 3 is 1.88 bits per heavy atom. The Kier molecular flexibility index (Phi) is 37.7. The maximum atomic E-state index is 14.2. The molecule has 0 saturated heterocycles. The number of aliphatic imine (C=N–C) groups is 1. The highest BCUT2D eigenvalue weighted by Crippen LogP contribution is 2.11. The predicted octanol–water partition coefficient (Wildman–Crippen LogP) is -3.90. The first-order valence-electron chi connectivity index (χ1n) is 27.9. The Balaban J connectivity index is 2.86. The molecule has 18 N–H and O–H groups in total. The highest BCUT2D eigenvalue weighted by atomic mass is 16.6. The average molecular weight is 1220 g/mol. The van der Waals surface area contributed by atoms with Crippen LogP contribution in [-0.2, 0) is 78.2 Å². The van der Waals surface area contributed by atoms with Crippen LogP contribution in [0.15, 0.2) is 22.6 Å². The monoisotopic (exact) mass is 1220 g/mol. The van der Waals surface area contributed by atoms with Gasteiger partial charge in [0.2, 0.25) is 53.2 Å². The van der Waals surface area contributed by atoms with E-state index in [1.807, 2.05) is 0 Å². The Bertz CT molecular complexity index is 2430. The second-order valence-corrected chi connectivity index (χ2v) is 20.2. The van der Waals surface area contributed by atoms with Crippen LogP contribution in [0.3, 0.4) is 0 Å². The van der Waals surface area contributed by atoms with Gasteiger partial charge in [0.15, 0.2) is 5.96 Å². The summed E-state index contributed by atoms with van der Waals surface area (Å²) in [5, 5.41) is 44.9. The van der Waals surface area contributed by atoms with Crippen molar-refractivity contribution in [1.82, 2.24) is 57.8 Å². The third-order valence-corrected chi connectivity index (χ3v) is 12.0. The van der Waals surface area contributed by atoms with E-state index in [1.54, 1.807) is 27.7 Å². The summed E-state index contributed by atoms with van der Waals surface area (Å²) in [7, 11) is 0. The van der Waals surface area contributed by atoms with Crippen LogP contribution in [0.4, 0.5) is 0 Å². The molecule has 35 heteroatoms. The van der Waals surface area contributed by atoms with Crippen molar-refractivity contribution in [3.05, 3.63) is 28.7 Å². The van der Waals surface area contributed by atoms with Gasteiger partial charge in [-0.3, -0.25) is 57.7 Å². The number of imidazole rings is 1. The molecule has 0 aliphatic carbocycles. The molecule has 0 bridgehead atoms. The summed E-state index contributed by atoms with van der Waals surface area (Å²) in [5.74, 6) is -11.2. The summed E-state index contributed by atoms with van der Waals surface area (Å²) in [6, 6.07) is -9.13. The molecular formula is C51H86N18O17. The van der Waals surface area contributed by atoms with Gasteiger partial charge in [-0.15, -0.1) is 0 Å². The van der Waals surface area contributed by atoms with Gasteiger partial charge in [0, 0.05) is 62.2 Å². The molecule has 9 amide bonds. The number of nitrogens with zero attached hydrogens (tertiary/aromatic N) is 5. The third-order valence-electron chi connectivity index (χ3n) is 12.0. The highest BCUT2D eigenvalue weighted by Gasteiger charge is 2.35. The summed E-state index contributed by atoms with van der Waals surface area (Å²) in [4.78, 5) is 167. The van der Waals surface area contributed by atoms with E-state index in [-0.39, 0.29) is 128 Å². The number of esters is 1. The number of carboxylic acid groups (broad SMARTS) is 2. The molecule has 1 rings (SSSR count). The topological polar surface area (TPSA) is 549 Å². The molecule has 0 saturated carbocycles. The van der Waals surface area contributed by atoms with Crippen molar-refractivity contribution in [1.29, 1.82) is 0 Å². The number of aromatic nitrogens is 2. The first kappa shape index (κ1) is 75.3. The Hall–Kier alpha value is -8.69. The lowest BCUT2D eigenvalue weighted by Gasteiger charge is -2.28. The van der Waals surface area contributed by atoms with Gasteiger partial charge in [0.25, 0.3) is 0 Å². The van der Waals surface area contributed by atoms with Crippen LogP contribution in [0.2, 0.25) is 0 Å². The van der Waals surface area contributed by atoms with Crippen molar-refractivity contribution in [2.24, 2.45) is 39.1 Å². The minimum atomic E-state index is -1.69. The summed E-state index contributed by atoms with van der Waals surface area (Å²) >= 11 is 0. The fourth-order valence-electron chi connectivity index (χ4n) is 7.56. The number of nitrogens with two attached hydrogens (primary N) is 3. The van der Waals surface area contributed by atoms with E-state index in [0.29, 0.717) is 18.5 Å². The zero-order chi connectivity index (χ0) is 64.6. The summed E-state index contributed by atoms with van der Waals surface area (Å²) in [6.07, 6.45) is 2.17. The first-order chi connectivity index (χ1) is 40.7. The number of aliphatic carboxylic acids is 2. The number of H-pyrrole nitrogens is 1. The van der Waals surface area contributed by atoms with E-state index in [9.17, 15) is 67.7 Å². The number of hydrogen-bond acceptors (Lipinski definition) is 19. The molecule has 1 aromatic rings. The molecule has 0 radical (unpaired) electrons. The fraction of sp³-hybridized carbons (Fsp3) is 0.686. The van der Waals surface area contributed by atoms with Gasteiger partial charge in [-0.1, -0.05) is 32.8 Å². The van der Waals surface area contributed by atoms with E-state index in [1.165, 1.54) is 19.4 Å². The number of hydrogen-bond donors (Lipinski definition) is 15. The van der Waals surface area contributed by atoms with Gasteiger partial charge in [-0.05, 0) is 62.8 Å². The molecule has 1 heterocycles. The maximum absolute atomic E-state index is 14.2. The molecule has 0 spiro atoms. The van der Waals surface area contributed by atoms with E-state index in [4.69, 9.17) is 36.9 Å². The molecule has 35 nitrogen and oxygen atoms in total. The highest BCUT2D eigenvalue weighted by molar-refractivity contribution is 5.98. The Labute approximate surface area is 496 Å². The van der Waals surface area contributed by atoms with Crippen LogP contribution in [-0.4, -0.2) is 205 Å². The molecule has 0 aromatic carbocycles. The van der Waals surface area contributed by atoms with Crippen molar-refractivity contribution < 1.29 is 82.0 Å². The summed E-state index contributed by atoms with van der Waals surface area (Å²) < 4.78 is 16.0. The molecular weight excluding hydrogens is 1140 g/mol. The van der Waals surface area contributed by atoms with E-state index in [2.05, 4.69) is 72.8 Å². The van der Waals surface area contributed by atoms with Gasteiger partial charge >= 0.3 is 17.9 Å². The van der Waals surface area contributed by atoms with Gasteiger partial charge in [-0.2, -0.15) is 0 Å². The SMILES string of the molecule is CC(C)C[C@H](NC(=O)[C@H](CC(=O)O)NC(=O)CNC(=O)[C@H](C)N)C(=O)N[C@@H](Cc1cnc[nH]1)C(=O)N[C@H](C(=O)N[C@@H](CCCN=C(N)N)C(=O)NCCOCCOCCOC(=O)CCC(=O)N[C@@H](CCCCNC(=O)CCN=[N+]=[N-])C(=O)O)C(C)C. The van der Waals surface area contributed by atoms with Crippen LogP contribution >= 0.6 is 0 Å². The Morgan fingerprint density at radius 2 is 1.27 bits per heavy atom. The standard InChI is InChI=1S/C51H86N18O17/c1-29(2)23-35(66-47(79)37(25-41(73)74)64-40(72)27-60-44(76)31(5)52)46(78)67-36(24-32-26-56-28-61-32)48(80)68-43(30(3)4)49(81)65-33(10-8-15-59-51(53)54)45(77)58-17-18-84-19-20-85-21-22-86-42(75)12-11-39(71)63-34(50(82)83)9-6-7-14-57-38(70)13-16-62-69-55/h26,28-31,33-37,43H,6-25,27,52H2,1-5H3,(H,56,61)(H,57,70)(H,58,77)(H,60,76)(H,63,71)(H,64,72)(H,65,81)(H,66,79)(H,67,78)(H,68,80)(H,73,74)(H,82,83)(H4,53,54,59)/t31-,33-,34-,35-,36-,37-,43-/m0/s1. The second kappa shape index (κ2) is 43.0. The number of unbranched alkanes of at least 4 members (excludes halogenated alkanes) is 1. The minimum absolute atomic E-state index is 0.00822. The number of aromatic amines is 1. The third kappa shape index (κ3) is 34.8. The number of nitrogens with one attached hydrogen (secondary N) is 10. The zero-order valence-corrected chi connectivity index (χ0v) is 49.2. The van der Waals surface area contributed by atoms with Gasteiger partial charge in [0.05, 0.1) is 58.2 Å². The largest absolute Gasteiger partial charge is 0.481 e. The molecule has 0 aliphatic heterocycles. The van der Waals surface area contributed by atoms with Crippen molar-refractivity contribution in [2.75, 3.05) is 65.8 Å². The molecule has 0 aliphatic rings. The number of ether oxygens (including phenoxy) is 3. The van der Waals surface area contributed by atoms with Crippen molar-refractivity contribution in [2.45, 2.75) is 148 Å². The Morgan fingerprint density at radius 1 is 0.640 bits per heavy atom. The quantitative estimate of drug-likeness (QED) is 0.00564. The lowest BCUT2D eigenvalue weighted by molar-refractivity contribution is -0.147. The van der Waals surface area contributed by atoms with Crippen LogP contribution in [0.25, 0.3) is 10.4 Å². The maximum Gasteiger partial charge on any atom is 0.326 e. The van der Waals surface area contributed by atoms with Gasteiger partial charge in [-0.25, -0.2) is 9.78 Å². The van der Waals surface area contributed by atoms with Crippen molar-refractivity contribution in [3.63, 3.8) is 0 Å². The molecule has 482 valence electrons. The van der Waals surface area contributed by atoms with Crippen LogP contribution in [0, 0.1) is 11.8 Å². The van der Waals surface area contributed by atoms with Gasteiger partial charge < -0.3 is 94.5 Å². The molecule has 86 heavy (non-hydrogen) atoms. The number of carbonyl (C=O) groups excluding carboxylic acids is 10. The number of carboxylic acids is 2. The first-order valence-corrected chi connectivity index (χ1v) is 27.9. The fourth-order valence-corrected chi connectivity index (χ4v) is 7.56. The van der Waals surface area contributed by atoms with Gasteiger partial charge in [0.1, 0.15) is 42.9 Å². The van der Waals surface area contributed by atoms with E-state index >= 15 is 0 Å². The van der Waals surface area contributed by atoms with Crippen LogP contribution < -0.4 is 65.1 Å². The smallest absolute Gasteiger partial charge is 0.326 e. The molecule has 1 aromatic heterocycles. The van der Waals surface area contributed by atoms with Crippen molar-refractivity contribution >= 4 is 77.0 Å². The number of rotatable bonds is 46. The van der Waals surface area contributed by atoms with Crippen LogP contribution in [0.5, 0.6) is 0 Å². The molecule has 0 fully saturated rings. The minimum Gasteiger partial charge on any atom is -0.481 e. The summed E-state index contributed by atoms with van der Waals surface area (Å²) in [6.45, 7) is 7.82. The second-order valence-electron chi connectivity index (χ2n) is 20.2. The van der Waals surface area contributed by atoms with E-state index < -0.39 is 126 Å². The summed E-state index contributed by atoms with van der Waals surface area (Å²) in [5.41, 5.74) is 25.1. The number of guanidine groups is 1. The lowest BCUT2D eigenvalue weighted by atomic mass is 10.00. The normalized spacial score (nSPS) is 13.3.